The third kappa shape index (κ3) is 2.73. The van der Waals surface area contributed by atoms with Crippen molar-refractivity contribution in [2.24, 2.45) is 0 Å². The van der Waals surface area contributed by atoms with Crippen LogP contribution in [0, 0.1) is 5.82 Å². The second-order valence-electron chi connectivity index (χ2n) is 5.66. The molecule has 1 heterocycles. The number of aromatic nitrogens is 1. The Labute approximate surface area is 119 Å². The van der Waals surface area contributed by atoms with Gasteiger partial charge in [-0.25, -0.2) is 12.8 Å². The van der Waals surface area contributed by atoms with Gasteiger partial charge in [-0.05, 0) is 52.0 Å². The van der Waals surface area contributed by atoms with Gasteiger partial charge in [0.25, 0.3) is 0 Å². The Bertz CT molecular complexity index is 730. The van der Waals surface area contributed by atoms with Crippen molar-refractivity contribution in [3.05, 3.63) is 35.8 Å². The summed E-state index contributed by atoms with van der Waals surface area (Å²) in [5.74, 6) is -0.324. The van der Waals surface area contributed by atoms with E-state index in [2.05, 4.69) is 0 Å². The van der Waals surface area contributed by atoms with Crippen LogP contribution in [0.15, 0.2) is 24.3 Å². The maximum Gasteiger partial charge on any atom is 0.158 e. The summed E-state index contributed by atoms with van der Waals surface area (Å²) >= 11 is 0. The van der Waals surface area contributed by atoms with Crippen LogP contribution in [0.2, 0.25) is 0 Å². The quantitative estimate of drug-likeness (QED) is 0.863. The van der Waals surface area contributed by atoms with Gasteiger partial charge in [0.05, 0.1) is 16.5 Å². The van der Waals surface area contributed by atoms with E-state index in [0.717, 1.165) is 10.9 Å². The van der Waals surface area contributed by atoms with Crippen molar-refractivity contribution in [3.63, 3.8) is 0 Å². The molecule has 20 heavy (non-hydrogen) atoms. The fraction of sp³-hybridized carbons (Fsp3) is 0.467. The molecule has 0 fully saturated rings. The molecule has 0 bridgehead atoms. The molecule has 0 radical (unpaired) electrons. The van der Waals surface area contributed by atoms with Crippen molar-refractivity contribution in [2.75, 3.05) is 0 Å². The summed E-state index contributed by atoms with van der Waals surface area (Å²) in [7, 11) is -3.18. The lowest BCUT2D eigenvalue weighted by Crippen LogP contribution is -2.18. The molecule has 0 aliphatic heterocycles. The molecule has 0 amide bonds. The molecule has 0 unspecified atom stereocenters. The molecule has 0 saturated heterocycles. The van der Waals surface area contributed by atoms with E-state index >= 15 is 0 Å². The van der Waals surface area contributed by atoms with Crippen LogP contribution in [0.25, 0.3) is 10.9 Å². The van der Waals surface area contributed by atoms with Gasteiger partial charge in [0, 0.05) is 17.1 Å². The molecule has 110 valence electrons. The topological polar surface area (TPSA) is 39.1 Å². The Kier molecular flexibility index (Phi) is 3.91. The van der Waals surface area contributed by atoms with E-state index in [9.17, 15) is 12.8 Å². The molecule has 0 N–H and O–H groups in total. The molecule has 0 aliphatic carbocycles. The van der Waals surface area contributed by atoms with Crippen molar-refractivity contribution < 1.29 is 12.8 Å². The minimum Gasteiger partial charge on any atom is -0.341 e. The zero-order valence-corrected chi connectivity index (χ0v) is 13.0. The van der Waals surface area contributed by atoms with E-state index in [-0.39, 0.29) is 17.6 Å². The lowest BCUT2D eigenvalue weighted by Gasteiger charge is -2.16. The number of benzene rings is 1. The number of hydrogen-bond donors (Lipinski definition) is 0. The second-order valence-corrected chi connectivity index (χ2v) is 8.22. The van der Waals surface area contributed by atoms with E-state index in [1.807, 2.05) is 24.5 Å². The Balaban J connectivity index is 2.62. The molecule has 2 aromatic rings. The normalized spacial score (nSPS) is 12.8. The summed E-state index contributed by atoms with van der Waals surface area (Å²) in [5, 5.41) is 0.451. The highest BCUT2D eigenvalue weighted by molar-refractivity contribution is 7.91. The molecule has 0 saturated carbocycles. The molecular weight excluding hydrogens is 277 g/mol. The Morgan fingerprint density at radius 2 is 1.80 bits per heavy atom. The largest absolute Gasteiger partial charge is 0.341 e. The van der Waals surface area contributed by atoms with Gasteiger partial charge >= 0.3 is 0 Å². The predicted molar refractivity (Wildman–Crippen MR) is 80.0 cm³/mol. The summed E-state index contributed by atoms with van der Waals surface area (Å²) < 4.78 is 39.6. The van der Waals surface area contributed by atoms with Gasteiger partial charge in [-0.15, -0.1) is 0 Å². The van der Waals surface area contributed by atoms with E-state index in [1.165, 1.54) is 12.1 Å². The highest BCUT2D eigenvalue weighted by Crippen LogP contribution is 2.27. The lowest BCUT2D eigenvalue weighted by atomic mass is 10.2. The van der Waals surface area contributed by atoms with Crippen LogP contribution in [0.4, 0.5) is 4.39 Å². The van der Waals surface area contributed by atoms with Gasteiger partial charge in [-0.3, -0.25) is 0 Å². The Hall–Kier alpha value is -1.36. The van der Waals surface area contributed by atoms with Crippen molar-refractivity contribution >= 4 is 20.7 Å². The molecule has 0 spiro atoms. The van der Waals surface area contributed by atoms with Crippen LogP contribution >= 0.6 is 0 Å². The standard InChI is InChI=1S/C15H20FNO2S/c1-10(2)17-14(9-20(18,19)11(3)4)7-12-5-6-13(16)8-15(12)17/h5-8,10-11H,9H2,1-4H3. The molecule has 5 heteroatoms. The number of fused-ring (bicyclic) bond motifs is 1. The van der Waals surface area contributed by atoms with Crippen molar-refractivity contribution in [1.82, 2.24) is 4.57 Å². The van der Waals surface area contributed by atoms with Crippen LogP contribution in [-0.4, -0.2) is 18.2 Å². The highest BCUT2D eigenvalue weighted by Gasteiger charge is 2.21. The number of nitrogens with zero attached hydrogens (tertiary/aromatic N) is 1. The molecule has 3 nitrogen and oxygen atoms in total. The average molecular weight is 297 g/mol. The minimum absolute atomic E-state index is 0.0147. The van der Waals surface area contributed by atoms with E-state index < -0.39 is 15.1 Å². The first-order valence-electron chi connectivity index (χ1n) is 6.73. The van der Waals surface area contributed by atoms with E-state index in [4.69, 9.17) is 0 Å². The summed E-state index contributed by atoms with van der Waals surface area (Å²) in [6.45, 7) is 7.29. The zero-order chi connectivity index (χ0) is 15.1. The van der Waals surface area contributed by atoms with Crippen molar-refractivity contribution in [3.8, 4) is 0 Å². The average Bonchev–Trinajstić information content (AvgIpc) is 2.64. The molecule has 0 aliphatic rings. The van der Waals surface area contributed by atoms with Crippen molar-refractivity contribution in [2.45, 2.75) is 44.7 Å². The van der Waals surface area contributed by atoms with Gasteiger partial charge in [0.15, 0.2) is 9.84 Å². The summed E-state index contributed by atoms with van der Waals surface area (Å²) in [4.78, 5) is 0. The van der Waals surface area contributed by atoms with Gasteiger partial charge in [-0.2, -0.15) is 0 Å². The van der Waals surface area contributed by atoms with Gasteiger partial charge in [0.2, 0.25) is 0 Å². The summed E-state index contributed by atoms with van der Waals surface area (Å²) in [5.41, 5.74) is 1.46. The lowest BCUT2D eigenvalue weighted by molar-refractivity contribution is 0.574. The van der Waals surface area contributed by atoms with Crippen LogP contribution in [0.1, 0.15) is 39.4 Å². The molecular formula is C15H20FNO2S. The number of halogens is 1. The number of rotatable bonds is 4. The van der Waals surface area contributed by atoms with Crippen LogP contribution in [0.5, 0.6) is 0 Å². The fourth-order valence-electron chi connectivity index (χ4n) is 2.35. The maximum absolute atomic E-state index is 13.4. The van der Waals surface area contributed by atoms with Crippen LogP contribution in [-0.2, 0) is 15.6 Å². The third-order valence-electron chi connectivity index (χ3n) is 3.47. The van der Waals surface area contributed by atoms with Gasteiger partial charge in [0.1, 0.15) is 5.82 Å². The Morgan fingerprint density at radius 1 is 1.15 bits per heavy atom. The third-order valence-corrected chi connectivity index (χ3v) is 5.60. The smallest absolute Gasteiger partial charge is 0.158 e. The predicted octanol–water partition coefficient (Wildman–Crippen LogP) is 3.68. The van der Waals surface area contributed by atoms with Crippen LogP contribution < -0.4 is 0 Å². The molecule has 1 aromatic carbocycles. The molecule has 0 atom stereocenters. The van der Waals surface area contributed by atoms with E-state index in [1.54, 1.807) is 19.9 Å². The number of sulfone groups is 1. The highest BCUT2D eigenvalue weighted by atomic mass is 32.2. The minimum atomic E-state index is -3.18. The maximum atomic E-state index is 13.4. The van der Waals surface area contributed by atoms with Crippen LogP contribution in [0.3, 0.4) is 0 Å². The molecule has 2 rings (SSSR count). The van der Waals surface area contributed by atoms with Gasteiger partial charge < -0.3 is 4.57 Å². The van der Waals surface area contributed by atoms with Crippen molar-refractivity contribution in [1.29, 1.82) is 0 Å². The van der Waals surface area contributed by atoms with E-state index in [0.29, 0.717) is 5.69 Å². The monoisotopic (exact) mass is 297 g/mol. The van der Waals surface area contributed by atoms with Gasteiger partial charge in [-0.1, -0.05) is 0 Å². The number of hydrogen-bond acceptors (Lipinski definition) is 2. The first-order valence-corrected chi connectivity index (χ1v) is 8.45. The first kappa shape index (κ1) is 15.0. The fourth-order valence-corrected chi connectivity index (χ4v) is 3.31. The SMILES string of the molecule is CC(C)n1c(CS(=O)(=O)C(C)C)cc2ccc(F)cc21. The molecule has 1 aromatic heterocycles. The summed E-state index contributed by atoms with van der Waals surface area (Å²) in [6.07, 6.45) is 0. The Morgan fingerprint density at radius 3 is 2.35 bits per heavy atom. The summed E-state index contributed by atoms with van der Waals surface area (Å²) in [6, 6.07) is 6.46. The second kappa shape index (κ2) is 5.20. The zero-order valence-electron chi connectivity index (χ0n) is 12.2. The first-order chi connectivity index (χ1) is 9.22.